The van der Waals surface area contributed by atoms with E-state index in [2.05, 4.69) is 5.73 Å². The number of halogens is 3. The molecule has 0 fully saturated rings. The van der Waals surface area contributed by atoms with Crippen molar-refractivity contribution in [3.63, 3.8) is 0 Å². The SMILES string of the molecule is NC(CC(F)(F)F)S(=O)[O-]. The maximum absolute atomic E-state index is 11.3. The van der Waals surface area contributed by atoms with Crippen molar-refractivity contribution in [2.24, 2.45) is 5.73 Å². The monoisotopic (exact) mass is 176 g/mol. The fourth-order valence-electron chi connectivity index (χ4n) is 0.296. The van der Waals surface area contributed by atoms with Gasteiger partial charge in [0.1, 0.15) is 0 Å². The lowest BCUT2D eigenvalue weighted by Gasteiger charge is -2.15. The standard InChI is InChI=1S/C3H6F3NO2S/c4-3(5,6)1-2(7)10(8)9/h2H,1,7H2,(H,8,9)/p-1. The Morgan fingerprint density at radius 1 is 1.60 bits per heavy atom. The molecule has 0 aromatic heterocycles. The molecule has 0 radical (unpaired) electrons. The van der Waals surface area contributed by atoms with E-state index in [1.165, 1.54) is 0 Å². The molecule has 0 saturated carbocycles. The number of nitrogens with two attached hydrogens (primary N) is 1. The largest absolute Gasteiger partial charge is 0.771 e. The predicted octanol–water partition coefficient (Wildman–Crippen LogP) is 0.103. The molecule has 0 spiro atoms. The fourth-order valence-corrected chi connectivity index (χ4v) is 0.621. The molecule has 0 saturated heterocycles. The highest BCUT2D eigenvalue weighted by molar-refractivity contribution is 7.79. The van der Waals surface area contributed by atoms with Gasteiger partial charge in [0.05, 0.1) is 11.8 Å². The molecule has 0 aliphatic heterocycles. The molecule has 2 atom stereocenters. The van der Waals surface area contributed by atoms with Crippen LogP contribution in [0, 0.1) is 0 Å². The molecule has 0 heterocycles. The van der Waals surface area contributed by atoms with E-state index in [4.69, 9.17) is 0 Å². The number of alkyl halides is 3. The molecule has 0 aliphatic rings. The third kappa shape index (κ3) is 4.71. The predicted molar refractivity (Wildman–Crippen MR) is 27.6 cm³/mol. The Balaban J connectivity index is 3.80. The zero-order chi connectivity index (χ0) is 8.36. The van der Waals surface area contributed by atoms with Gasteiger partial charge >= 0.3 is 6.18 Å². The second-order valence-electron chi connectivity index (χ2n) is 1.62. The van der Waals surface area contributed by atoms with Crippen LogP contribution in [0.3, 0.4) is 0 Å². The molecule has 0 aliphatic carbocycles. The molecule has 0 aromatic rings. The van der Waals surface area contributed by atoms with Crippen molar-refractivity contribution in [2.75, 3.05) is 0 Å². The molecule has 0 rings (SSSR count). The molecule has 10 heavy (non-hydrogen) atoms. The van der Waals surface area contributed by atoms with E-state index in [9.17, 15) is 21.9 Å². The van der Waals surface area contributed by atoms with Crippen LogP contribution in [0.15, 0.2) is 0 Å². The topological polar surface area (TPSA) is 66.2 Å². The average molecular weight is 176 g/mol. The lowest BCUT2D eigenvalue weighted by Crippen LogP contribution is -2.31. The molecule has 2 unspecified atom stereocenters. The summed E-state index contributed by atoms with van der Waals surface area (Å²) in [7, 11) is 0. The zero-order valence-electron chi connectivity index (χ0n) is 4.72. The van der Waals surface area contributed by atoms with Crippen molar-refractivity contribution in [3.8, 4) is 0 Å². The summed E-state index contributed by atoms with van der Waals surface area (Å²) < 4.78 is 53.4. The molecule has 0 bridgehead atoms. The van der Waals surface area contributed by atoms with Crippen molar-refractivity contribution in [1.82, 2.24) is 0 Å². The first kappa shape index (κ1) is 9.86. The lowest BCUT2D eigenvalue weighted by molar-refractivity contribution is -0.134. The Morgan fingerprint density at radius 2 is 2.00 bits per heavy atom. The van der Waals surface area contributed by atoms with E-state index < -0.39 is 29.1 Å². The first-order valence-electron chi connectivity index (χ1n) is 2.23. The number of hydrogen-bond acceptors (Lipinski definition) is 3. The van der Waals surface area contributed by atoms with Gasteiger partial charge in [-0.1, -0.05) is 0 Å². The van der Waals surface area contributed by atoms with Gasteiger partial charge in [-0.25, -0.2) is 0 Å². The summed E-state index contributed by atoms with van der Waals surface area (Å²) in [5.74, 6) is 0. The van der Waals surface area contributed by atoms with E-state index in [1.54, 1.807) is 0 Å². The Hall–Kier alpha value is -0.140. The third-order valence-corrected chi connectivity index (χ3v) is 1.34. The van der Waals surface area contributed by atoms with Crippen molar-refractivity contribution >= 4 is 11.1 Å². The molecule has 3 nitrogen and oxygen atoms in total. The lowest BCUT2D eigenvalue weighted by atomic mass is 10.4. The van der Waals surface area contributed by atoms with Crippen LogP contribution < -0.4 is 5.73 Å². The molecule has 7 heteroatoms. The molecule has 0 aromatic carbocycles. The molecule has 2 N–H and O–H groups in total. The van der Waals surface area contributed by atoms with E-state index in [0.29, 0.717) is 0 Å². The Labute approximate surface area is 57.7 Å². The Bertz CT molecular complexity index is 136. The van der Waals surface area contributed by atoms with Gasteiger partial charge in [0.2, 0.25) is 0 Å². The minimum absolute atomic E-state index is 1.50. The summed E-state index contributed by atoms with van der Waals surface area (Å²) in [5.41, 5.74) is 4.57. The smallest absolute Gasteiger partial charge is 0.391 e. The van der Waals surface area contributed by atoms with Gasteiger partial charge in [-0.05, 0) is 11.1 Å². The minimum atomic E-state index is -4.51. The maximum atomic E-state index is 11.3. The molecule has 0 amide bonds. The minimum Gasteiger partial charge on any atom is -0.771 e. The van der Waals surface area contributed by atoms with Crippen LogP contribution in [0.4, 0.5) is 13.2 Å². The summed E-state index contributed by atoms with van der Waals surface area (Å²) in [6.07, 6.45) is -6.01. The highest BCUT2D eigenvalue weighted by Gasteiger charge is 2.30. The van der Waals surface area contributed by atoms with Gasteiger partial charge in [-0.15, -0.1) is 0 Å². The first-order chi connectivity index (χ1) is 4.33. The van der Waals surface area contributed by atoms with Crippen molar-refractivity contribution in [1.29, 1.82) is 0 Å². The normalized spacial score (nSPS) is 18.5. The average Bonchev–Trinajstić information content (AvgIpc) is 1.60. The first-order valence-corrected chi connectivity index (χ1v) is 3.37. The van der Waals surface area contributed by atoms with Gasteiger partial charge in [0.25, 0.3) is 0 Å². The van der Waals surface area contributed by atoms with Crippen LogP contribution in [-0.2, 0) is 11.1 Å². The van der Waals surface area contributed by atoms with Gasteiger partial charge in [-0.3, -0.25) is 4.21 Å². The molecular formula is C3H5F3NO2S-. The maximum Gasteiger partial charge on any atom is 0.391 e. The van der Waals surface area contributed by atoms with Crippen molar-refractivity contribution in [3.05, 3.63) is 0 Å². The fraction of sp³-hybridized carbons (Fsp3) is 1.00. The van der Waals surface area contributed by atoms with E-state index in [0.717, 1.165) is 0 Å². The van der Waals surface area contributed by atoms with Crippen LogP contribution in [0.25, 0.3) is 0 Å². The highest BCUT2D eigenvalue weighted by Crippen LogP contribution is 2.21. The summed E-state index contributed by atoms with van der Waals surface area (Å²) in [5, 5.41) is -1.85. The van der Waals surface area contributed by atoms with Crippen molar-refractivity contribution < 1.29 is 21.9 Å². The quantitative estimate of drug-likeness (QED) is 0.607. The second kappa shape index (κ2) is 3.31. The Morgan fingerprint density at radius 3 is 2.10 bits per heavy atom. The van der Waals surface area contributed by atoms with Gasteiger partial charge < -0.3 is 10.3 Å². The second-order valence-corrected chi connectivity index (χ2v) is 2.74. The number of hydrogen-bond donors (Lipinski definition) is 1. The van der Waals surface area contributed by atoms with E-state index in [-0.39, 0.29) is 0 Å². The molecule has 62 valence electrons. The van der Waals surface area contributed by atoms with Gasteiger partial charge in [0.15, 0.2) is 0 Å². The van der Waals surface area contributed by atoms with Gasteiger partial charge in [-0.2, -0.15) is 13.2 Å². The van der Waals surface area contributed by atoms with E-state index in [1.807, 2.05) is 0 Å². The van der Waals surface area contributed by atoms with E-state index >= 15 is 0 Å². The summed E-state index contributed by atoms with van der Waals surface area (Å²) >= 11 is -2.85. The molecular weight excluding hydrogens is 171 g/mol. The number of rotatable bonds is 2. The summed E-state index contributed by atoms with van der Waals surface area (Å²) in [4.78, 5) is 0. The zero-order valence-corrected chi connectivity index (χ0v) is 5.54. The van der Waals surface area contributed by atoms with Crippen LogP contribution >= 0.6 is 0 Å². The van der Waals surface area contributed by atoms with Crippen LogP contribution in [-0.4, -0.2) is 20.3 Å². The highest BCUT2D eigenvalue weighted by atomic mass is 32.2. The van der Waals surface area contributed by atoms with Crippen LogP contribution in [0.5, 0.6) is 0 Å². The summed E-state index contributed by atoms with van der Waals surface area (Å²) in [6.45, 7) is 0. The Kier molecular flexibility index (Phi) is 3.26. The van der Waals surface area contributed by atoms with Crippen molar-refractivity contribution in [2.45, 2.75) is 18.0 Å². The summed E-state index contributed by atoms with van der Waals surface area (Å²) in [6, 6.07) is 0. The third-order valence-electron chi connectivity index (χ3n) is 0.680. The van der Waals surface area contributed by atoms with Crippen LogP contribution in [0.2, 0.25) is 0 Å². The van der Waals surface area contributed by atoms with Gasteiger partial charge in [0, 0.05) is 0 Å². The van der Waals surface area contributed by atoms with Crippen LogP contribution in [0.1, 0.15) is 6.42 Å².